The van der Waals surface area contributed by atoms with Gasteiger partial charge in [0, 0.05) is 17.6 Å². The van der Waals surface area contributed by atoms with E-state index < -0.39 is 11.9 Å². The van der Waals surface area contributed by atoms with Crippen LogP contribution in [0.25, 0.3) is 0 Å². The van der Waals surface area contributed by atoms with Crippen LogP contribution in [-0.2, 0) is 0 Å². The molecule has 0 amide bonds. The molecule has 0 aliphatic rings. The van der Waals surface area contributed by atoms with E-state index in [1.165, 1.54) is 23.1 Å². The average molecular weight is 268 g/mol. The Morgan fingerprint density at radius 3 is 2.94 bits per heavy atom. The Balaban J connectivity index is 2.40. The van der Waals surface area contributed by atoms with Crippen LogP contribution >= 0.6 is 23.1 Å². The van der Waals surface area contributed by atoms with Gasteiger partial charge in [0.25, 0.3) is 0 Å². The molecule has 0 aromatic carbocycles. The van der Waals surface area contributed by atoms with E-state index in [9.17, 15) is 13.2 Å². The zero-order chi connectivity index (χ0) is 12.0. The van der Waals surface area contributed by atoms with Crippen LogP contribution in [0.4, 0.5) is 13.2 Å². The first-order valence-corrected chi connectivity index (χ1v) is 5.95. The molecule has 16 heavy (non-hydrogen) atoms. The minimum absolute atomic E-state index is 0.187. The Morgan fingerprint density at radius 1 is 1.56 bits per heavy atom. The molecule has 0 fully saturated rings. The van der Waals surface area contributed by atoms with Gasteiger partial charge in [-0.05, 0) is 0 Å². The highest BCUT2D eigenvalue weighted by molar-refractivity contribution is 8.01. The average Bonchev–Trinajstić information content (AvgIpc) is 2.66. The Labute approximate surface area is 97.7 Å². The normalized spacial score (nSPS) is 10.9. The molecule has 1 rings (SSSR count). The topological polar surface area (TPSA) is 45.5 Å². The monoisotopic (exact) mass is 268 g/mol. The molecule has 0 radical (unpaired) electrons. The lowest BCUT2D eigenvalue weighted by atomic mass is 10.4. The summed E-state index contributed by atoms with van der Waals surface area (Å²) < 4.78 is 36.4. The zero-order valence-corrected chi connectivity index (χ0v) is 9.49. The second-order valence-electron chi connectivity index (χ2n) is 2.55. The zero-order valence-electron chi connectivity index (χ0n) is 7.86. The van der Waals surface area contributed by atoms with Gasteiger partial charge < -0.3 is 5.21 Å². The van der Waals surface area contributed by atoms with Gasteiger partial charge in [-0.3, -0.25) is 0 Å². The fourth-order valence-electron chi connectivity index (χ4n) is 0.776. The predicted octanol–water partition coefficient (Wildman–Crippen LogP) is 3.51. The molecule has 0 aliphatic carbocycles. The summed E-state index contributed by atoms with van der Waals surface area (Å²) in [6.45, 7) is 0. The Bertz CT molecular complexity index is 402. The Kier molecular flexibility index (Phi) is 5.33. The highest BCUT2D eigenvalue weighted by atomic mass is 32.2. The van der Waals surface area contributed by atoms with E-state index in [0.29, 0.717) is 10.0 Å². The number of thioether (sulfide) groups is 1. The van der Waals surface area contributed by atoms with Crippen LogP contribution in [0.2, 0.25) is 0 Å². The van der Waals surface area contributed by atoms with Crippen molar-refractivity contribution in [1.29, 1.82) is 0 Å². The molecule has 0 saturated heterocycles. The van der Waals surface area contributed by atoms with E-state index in [2.05, 4.69) is 10.1 Å². The van der Waals surface area contributed by atoms with E-state index in [1.54, 1.807) is 5.38 Å². The summed E-state index contributed by atoms with van der Waals surface area (Å²) in [6, 6.07) is 0. The lowest BCUT2D eigenvalue weighted by Crippen LogP contribution is -1.84. The van der Waals surface area contributed by atoms with Gasteiger partial charge in [-0.15, -0.1) is 11.3 Å². The van der Waals surface area contributed by atoms with Crippen LogP contribution in [0.5, 0.6) is 0 Å². The number of halogens is 3. The molecule has 1 heterocycles. The lowest BCUT2D eigenvalue weighted by molar-refractivity contribution is 0.321. The number of allylic oxidation sites excluding steroid dienone is 1. The maximum atomic E-state index is 12.4. The van der Waals surface area contributed by atoms with Gasteiger partial charge in [0.05, 0.1) is 11.9 Å². The lowest BCUT2D eigenvalue weighted by Gasteiger charge is -1.94. The fourth-order valence-corrected chi connectivity index (χ4v) is 2.56. The molecule has 1 N–H and O–H groups in total. The largest absolute Gasteiger partial charge is 0.411 e. The van der Waals surface area contributed by atoms with Gasteiger partial charge in [-0.2, -0.15) is 8.78 Å². The predicted molar refractivity (Wildman–Crippen MR) is 57.2 cm³/mol. The summed E-state index contributed by atoms with van der Waals surface area (Å²) in [5, 5.41) is 12.7. The van der Waals surface area contributed by atoms with Crippen molar-refractivity contribution in [2.24, 2.45) is 5.16 Å². The van der Waals surface area contributed by atoms with E-state index in [1.807, 2.05) is 0 Å². The van der Waals surface area contributed by atoms with Crippen molar-refractivity contribution in [1.82, 2.24) is 4.98 Å². The fraction of sp³-hybridized carbons (Fsp3) is 0.250. The molecule has 88 valence electrons. The molecule has 1 aromatic rings. The second-order valence-corrected chi connectivity index (χ2v) is 4.75. The number of oxime groups is 1. The van der Waals surface area contributed by atoms with Gasteiger partial charge in [-0.25, -0.2) is 9.37 Å². The van der Waals surface area contributed by atoms with Crippen molar-refractivity contribution >= 4 is 29.3 Å². The van der Waals surface area contributed by atoms with Crippen LogP contribution in [0, 0.1) is 0 Å². The van der Waals surface area contributed by atoms with Gasteiger partial charge in [0.2, 0.25) is 0 Å². The molecule has 0 spiro atoms. The van der Waals surface area contributed by atoms with E-state index in [-0.39, 0.29) is 12.2 Å². The SMILES string of the molecule is O/N=C/c1csc(SCCC(F)=C(F)F)n1. The minimum atomic E-state index is -2.27. The molecule has 3 nitrogen and oxygen atoms in total. The summed E-state index contributed by atoms with van der Waals surface area (Å²) in [7, 11) is 0. The van der Waals surface area contributed by atoms with Gasteiger partial charge in [0.15, 0.2) is 10.2 Å². The third-order valence-electron chi connectivity index (χ3n) is 1.44. The summed E-state index contributed by atoms with van der Waals surface area (Å²) in [5.41, 5.74) is 0.475. The molecule has 0 unspecified atom stereocenters. The van der Waals surface area contributed by atoms with Crippen LogP contribution in [-0.4, -0.2) is 22.2 Å². The number of hydrogen-bond acceptors (Lipinski definition) is 5. The summed E-state index contributed by atoms with van der Waals surface area (Å²) in [6.07, 6.45) is -1.44. The standard InChI is InChI=1S/C8H7F3N2OS2/c9-6(7(10)11)1-2-15-8-13-5(3-12-14)4-16-8/h3-4,14H,1-2H2/b12-3+. The number of aromatic nitrogens is 1. The second kappa shape index (κ2) is 6.54. The van der Waals surface area contributed by atoms with Crippen molar-refractivity contribution in [3.8, 4) is 0 Å². The number of thiazole rings is 1. The highest BCUT2D eigenvalue weighted by Gasteiger charge is 2.06. The number of nitrogens with zero attached hydrogens (tertiary/aromatic N) is 2. The smallest absolute Gasteiger partial charge is 0.301 e. The molecular weight excluding hydrogens is 261 g/mol. The first kappa shape index (κ1) is 13.0. The Morgan fingerprint density at radius 2 is 2.31 bits per heavy atom. The molecule has 0 atom stereocenters. The maximum Gasteiger partial charge on any atom is 0.301 e. The van der Waals surface area contributed by atoms with E-state index >= 15 is 0 Å². The van der Waals surface area contributed by atoms with Crippen LogP contribution in [0.1, 0.15) is 12.1 Å². The number of rotatable bonds is 5. The minimum Gasteiger partial charge on any atom is -0.411 e. The van der Waals surface area contributed by atoms with E-state index in [4.69, 9.17) is 5.21 Å². The Hall–Kier alpha value is -1.02. The van der Waals surface area contributed by atoms with Crippen LogP contribution in [0.3, 0.4) is 0 Å². The van der Waals surface area contributed by atoms with Crippen LogP contribution in [0.15, 0.2) is 26.8 Å². The molecule has 0 bridgehead atoms. The third-order valence-corrected chi connectivity index (χ3v) is 3.48. The summed E-state index contributed by atoms with van der Waals surface area (Å²) in [4.78, 5) is 3.99. The van der Waals surface area contributed by atoms with Crippen molar-refractivity contribution in [3.05, 3.63) is 23.0 Å². The van der Waals surface area contributed by atoms with Crippen molar-refractivity contribution < 1.29 is 18.4 Å². The highest BCUT2D eigenvalue weighted by Crippen LogP contribution is 2.25. The summed E-state index contributed by atoms with van der Waals surface area (Å²) in [5.74, 6) is -1.20. The van der Waals surface area contributed by atoms with Crippen LogP contribution < -0.4 is 0 Å². The van der Waals surface area contributed by atoms with Gasteiger partial charge in [0.1, 0.15) is 0 Å². The molecular formula is C8H7F3N2OS2. The molecule has 1 aromatic heterocycles. The molecule has 0 saturated carbocycles. The number of hydrogen-bond donors (Lipinski definition) is 1. The third kappa shape index (κ3) is 4.23. The summed E-state index contributed by atoms with van der Waals surface area (Å²) >= 11 is 2.44. The quantitative estimate of drug-likeness (QED) is 0.384. The molecule has 8 heteroatoms. The first-order chi connectivity index (χ1) is 7.63. The maximum absolute atomic E-state index is 12.4. The van der Waals surface area contributed by atoms with Gasteiger partial charge >= 0.3 is 6.08 Å². The van der Waals surface area contributed by atoms with Crippen molar-refractivity contribution in [2.45, 2.75) is 10.8 Å². The van der Waals surface area contributed by atoms with Crippen molar-refractivity contribution in [3.63, 3.8) is 0 Å². The van der Waals surface area contributed by atoms with Gasteiger partial charge in [-0.1, -0.05) is 16.9 Å². The van der Waals surface area contributed by atoms with E-state index in [0.717, 1.165) is 6.21 Å². The van der Waals surface area contributed by atoms with Crippen molar-refractivity contribution in [2.75, 3.05) is 5.75 Å². The first-order valence-electron chi connectivity index (χ1n) is 4.09. The molecule has 0 aliphatic heterocycles.